The average molecular weight is 306 g/mol. The number of hydrogen-bond acceptors (Lipinski definition) is 4. The van der Waals surface area contributed by atoms with E-state index in [1.165, 1.54) is 0 Å². The summed E-state index contributed by atoms with van der Waals surface area (Å²) in [6.45, 7) is 2.29. The Morgan fingerprint density at radius 1 is 1.43 bits per heavy atom. The summed E-state index contributed by atoms with van der Waals surface area (Å²) in [5.74, 6) is 0. The van der Waals surface area contributed by atoms with Crippen molar-refractivity contribution < 1.29 is 12.6 Å². The van der Waals surface area contributed by atoms with Gasteiger partial charge in [0.2, 0.25) is 0 Å². The minimum Gasteiger partial charge on any atom is -0.341 e. The van der Waals surface area contributed by atoms with Gasteiger partial charge in [0.05, 0.1) is 12.8 Å². The minimum atomic E-state index is -3.62. The molecule has 0 saturated carbocycles. The summed E-state index contributed by atoms with van der Waals surface area (Å²) < 4.78 is 29.9. The highest BCUT2D eigenvalue weighted by Gasteiger charge is 2.38. The van der Waals surface area contributed by atoms with Crippen LogP contribution in [0.3, 0.4) is 0 Å². The van der Waals surface area contributed by atoms with E-state index in [4.69, 9.17) is 9.71 Å². The molecule has 110 valence electrons. The summed E-state index contributed by atoms with van der Waals surface area (Å²) >= 11 is 0. The van der Waals surface area contributed by atoms with Crippen molar-refractivity contribution in [2.75, 3.05) is 6.26 Å². The highest BCUT2D eigenvalue weighted by Crippen LogP contribution is 2.40. The monoisotopic (exact) mass is 306 g/mol. The first-order valence-electron chi connectivity index (χ1n) is 6.42. The van der Waals surface area contributed by atoms with E-state index in [2.05, 4.69) is 10.0 Å². The Hall–Kier alpha value is -2.02. The fourth-order valence-corrected chi connectivity index (χ4v) is 3.64. The predicted molar refractivity (Wildman–Crippen MR) is 78.3 cm³/mol. The maximum Gasteiger partial charge on any atom is 0.264 e. The van der Waals surface area contributed by atoms with E-state index < -0.39 is 22.3 Å². The highest BCUT2D eigenvalue weighted by molar-refractivity contribution is 7.86. The molecule has 2 heterocycles. The van der Waals surface area contributed by atoms with Crippen molar-refractivity contribution in [1.29, 1.82) is 0 Å². The van der Waals surface area contributed by atoms with E-state index in [1.54, 1.807) is 0 Å². The molecule has 1 aromatic carbocycles. The van der Waals surface area contributed by atoms with Crippen molar-refractivity contribution in [2.45, 2.75) is 25.6 Å². The Bertz CT molecular complexity index is 865. The maximum absolute atomic E-state index is 11.4. The Morgan fingerprint density at radius 3 is 2.81 bits per heavy atom. The lowest BCUT2D eigenvalue weighted by Crippen LogP contribution is -2.22. The topological polar surface area (TPSA) is 97.1 Å². The van der Waals surface area contributed by atoms with Crippen molar-refractivity contribution in [3.8, 4) is 0 Å². The van der Waals surface area contributed by atoms with E-state index >= 15 is 0 Å². The number of azide groups is 1. The molecule has 0 radical (unpaired) electrons. The molecule has 8 heteroatoms. The summed E-state index contributed by atoms with van der Waals surface area (Å²) in [6.07, 6.45) is 0.299. The SMILES string of the molecule is Cc1c2n(c3ccccc13)C[C@@H](OS(C)(=O)=O)[C@@H]2N=[N+]=[N-]. The first-order chi connectivity index (χ1) is 9.92. The lowest BCUT2D eigenvalue weighted by atomic mass is 10.1. The third-order valence-corrected chi connectivity index (χ3v) is 4.34. The third-order valence-electron chi connectivity index (χ3n) is 3.74. The molecule has 0 aliphatic carbocycles. The van der Waals surface area contributed by atoms with Crippen molar-refractivity contribution in [2.24, 2.45) is 5.11 Å². The quantitative estimate of drug-likeness (QED) is 0.377. The van der Waals surface area contributed by atoms with Gasteiger partial charge in [0.1, 0.15) is 12.1 Å². The molecule has 3 rings (SSSR count). The third kappa shape index (κ3) is 2.27. The zero-order chi connectivity index (χ0) is 15.2. The molecule has 0 amide bonds. The fraction of sp³-hybridized carbons (Fsp3) is 0.385. The molecular weight excluding hydrogens is 292 g/mol. The molecular formula is C13H14N4O3S. The van der Waals surface area contributed by atoms with Crippen molar-refractivity contribution in [3.63, 3.8) is 0 Å². The van der Waals surface area contributed by atoms with Gasteiger partial charge in [-0.3, -0.25) is 4.18 Å². The number of fused-ring (bicyclic) bond motifs is 3. The molecule has 0 saturated heterocycles. The molecule has 7 nitrogen and oxygen atoms in total. The fourth-order valence-electron chi connectivity index (χ4n) is 3.02. The van der Waals surface area contributed by atoms with Crippen LogP contribution in [-0.4, -0.2) is 25.3 Å². The maximum atomic E-state index is 11.4. The van der Waals surface area contributed by atoms with Gasteiger partial charge >= 0.3 is 0 Å². The Labute approximate surface area is 121 Å². The van der Waals surface area contributed by atoms with Crippen LogP contribution >= 0.6 is 0 Å². The van der Waals surface area contributed by atoms with Gasteiger partial charge < -0.3 is 4.57 Å². The van der Waals surface area contributed by atoms with Crippen molar-refractivity contribution in [3.05, 3.63) is 46.0 Å². The van der Waals surface area contributed by atoms with Crippen LogP contribution < -0.4 is 0 Å². The molecule has 2 atom stereocenters. The van der Waals surface area contributed by atoms with Crippen LogP contribution in [0.5, 0.6) is 0 Å². The predicted octanol–water partition coefficient (Wildman–Crippen LogP) is 2.66. The van der Waals surface area contributed by atoms with E-state index in [1.807, 2.05) is 35.8 Å². The number of benzene rings is 1. The summed E-state index contributed by atoms with van der Waals surface area (Å²) in [5.41, 5.74) is 11.6. The lowest BCUT2D eigenvalue weighted by Gasteiger charge is -2.14. The minimum absolute atomic E-state index is 0.348. The van der Waals surface area contributed by atoms with E-state index in [-0.39, 0.29) is 0 Å². The molecule has 0 fully saturated rings. The van der Waals surface area contributed by atoms with E-state index in [0.717, 1.165) is 28.4 Å². The van der Waals surface area contributed by atoms with Crippen molar-refractivity contribution >= 4 is 21.0 Å². The van der Waals surface area contributed by atoms with Crippen LogP contribution in [-0.2, 0) is 20.8 Å². The zero-order valence-electron chi connectivity index (χ0n) is 11.6. The lowest BCUT2D eigenvalue weighted by molar-refractivity contribution is 0.186. The second-order valence-corrected chi connectivity index (χ2v) is 6.73. The number of rotatable bonds is 3. The normalized spacial score (nSPS) is 21.2. The van der Waals surface area contributed by atoms with Crippen LogP contribution in [0.1, 0.15) is 17.3 Å². The second-order valence-electron chi connectivity index (χ2n) is 5.13. The number of nitrogens with zero attached hydrogens (tertiary/aromatic N) is 4. The smallest absolute Gasteiger partial charge is 0.264 e. The van der Waals surface area contributed by atoms with Crippen LogP contribution in [0.2, 0.25) is 0 Å². The molecule has 1 aromatic heterocycles. The molecule has 0 spiro atoms. The number of para-hydroxylation sites is 1. The molecule has 0 N–H and O–H groups in total. The highest BCUT2D eigenvalue weighted by atomic mass is 32.2. The van der Waals surface area contributed by atoms with Crippen LogP contribution in [0, 0.1) is 6.92 Å². The number of aryl methyl sites for hydroxylation is 1. The van der Waals surface area contributed by atoms with Gasteiger partial charge in [-0.1, -0.05) is 23.3 Å². The first kappa shape index (κ1) is 13.9. The van der Waals surface area contributed by atoms with Gasteiger partial charge in [-0.2, -0.15) is 8.42 Å². The largest absolute Gasteiger partial charge is 0.341 e. The van der Waals surface area contributed by atoms with Crippen LogP contribution in [0.15, 0.2) is 29.4 Å². The summed E-state index contributed by atoms with van der Waals surface area (Å²) in [6, 6.07) is 7.18. The van der Waals surface area contributed by atoms with Crippen molar-refractivity contribution in [1.82, 2.24) is 4.57 Å². The van der Waals surface area contributed by atoms with Crippen LogP contribution in [0.25, 0.3) is 21.3 Å². The van der Waals surface area contributed by atoms with Gasteiger partial charge in [-0.05, 0) is 24.1 Å². The van der Waals surface area contributed by atoms with Gasteiger partial charge in [-0.15, -0.1) is 0 Å². The van der Waals surface area contributed by atoms with Gasteiger partial charge in [-0.25, -0.2) is 0 Å². The number of aromatic nitrogens is 1. The first-order valence-corrected chi connectivity index (χ1v) is 8.24. The Kier molecular flexibility index (Phi) is 3.16. The zero-order valence-corrected chi connectivity index (χ0v) is 12.4. The molecule has 21 heavy (non-hydrogen) atoms. The molecule has 1 aliphatic heterocycles. The average Bonchev–Trinajstić information content (AvgIpc) is 2.87. The van der Waals surface area contributed by atoms with Gasteiger partial charge in [0.15, 0.2) is 0 Å². The Morgan fingerprint density at radius 2 is 2.14 bits per heavy atom. The van der Waals surface area contributed by atoms with E-state index in [0.29, 0.717) is 6.54 Å². The Balaban J connectivity index is 2.17. The summed E-state index contributed by atoms with van der Waals surface area (Å²) in [4.78, 5) is 2.84. The summed E-state index contributed by atoms with van der Waals surface area (Å²) in [7, 11) is -3.62. The molecule has 2 aromatic rings. The second kappa shape index (κ2) is 4.77. The molecule has 0 bridgehead atoms. The van der Waals surface area contributed by atoms with Crippen LogP contribution in [0.4, 0.5) is 0 Å². The molecule has 1 aliphatic rings. The van der Waals surface area contributed by atoms with Gasteiger partial charge in [0.25, 0.3) is 10.1 Å². The standard InChI is InChI=1S/C13H14N4O3S/c1-8-9-5-3-4-6-10(9)17-7-11(20-21(2,18)19)12(13(8)17)15-16-14/h3-6,11-12H,7H2,1-2H3/t11-,12+/m1/s1. The van der Waals surface area contributed by atoms with Gasteiger partial charge in [0, 0.05) is 21.5 Å². The number of hydrogen-bond donors (Lipinski definition) is 0. The molecule has 0 unspecified atom stereocenters. The summed E-state index contributed by atoms with van der Waals surface area (Å²) in [5, 5.41) is 4.83. The van der Waals surface area contributed by atoms with E-state index in [9.17, 15) is 8.42 Å².